The maximum atomic E-state index is 11.6. The fraction of sp³-hybridized carbons (Fsp3) is 0.345. The number of phenols is 1. The number of aromatic amines is 1. The van der Waals surface area contributed by atoms with Gasteiger partial charge in [-0.2, -0.15) is 20.2 Å². The first kappa shape index (κ1) is 34.1. The van der Waals surface area contributed by atoms with Crippen LogP contribution in [0.25, 0.3) is 10.2 Å². The van der Waals surface area contributed by atoms with E-state index in [-0.39, 0.29) is 15.5 Å². The van der Waals surface area contributed by atoms with Crippen molar-refractivity contribution in [2.75, 3.05) is 37.7 Å². The summed E-state index contributed by atoms with van der Waals surface area (Å²) < 4.78 is 30.2. The van der Waals surface area contributed by atoms with Crippen molar-refractivity contribution >= 4 is 55.0 Å². The fourth-order valence-electron chi connectivity index (χ4n) is 3.96. The number of hydrogen-bond donors (Lipinski definition) is 6. The molecule has 0 amide bonds. The molecule has 0 unspecified atom stereocenters. The third kappa shape index (κ3) is 11.0. The summed E-state index contributed by atoms with van der Waals surface area (Å²) in [7, 11) is -4.02. The van der Waals surface area contributed by atoms with Crippen LogP contribution in [0.4, 0.5) is 0 Å². The molecule has 13 heteroatoms. The topological polar surface area (TPSA) is 152 Å². The van der Waals surface area contributed by atoms with Crippen LogP contribution >= 0.6 is 34.7 Å². The molecule has 42 heavy (non-hydrogen) atoms. The molecule has 4 aromatic rings. The zero-order valence-electron chi connectivity index (χ0n) is 23.2. The van der Waals surface area contributed by atoms with Gasteiger partial charge in [-0.3, -0.25) is 9.35 Å². The Bertz CT molecular complexity index is 1580. The Morgan fingerprint density at radius 1 is 1.00 bits per heavy atom. The normalized spacial score (nSPS) is 12.2. The molecule has 228 valence electrons. The number of nitrogens with one attached hydrogen (secondary N) is 3. The number of H-pyrrole nitrogens is 1. The van der Waals surface area contributed by atoms with E-state index in [2.05, 4.69) is 21.7 Å². The highest BCUT2D eigenvalue weighted by molar-refractivity contribution is 7.99. The average molecular weight is 654 g/mol. The van der Waals surface area contributed by atoms with Crippen molar-refractivity contribution in [1.29, 1.82) is 0 Å². The Balaban J connectivity index is 0.000000369. The van der Waals surface area contributed by atoms with Gasteiger partial charge in [0, 0.05) is 29.4 Å². The Hall–Kier alpha value is -2.42. The number of benzene rings is 3. The van der Waals surface area contributed by atoms with Crippen LogP contribution in [0, 0.1) is 6.92 Å². The molecule has 0 fully saturated rings. The predicted molar refractivity (Wildman–Crippen MR) is 173 cm³/mol. The van der Waals surface area contributed by atoms with Crippen LogP contribution in [0.3, 0.4) is 0 Å². The van der Waals surface area contributed by atoms with Crippen LogP contribution < -0.4 is 15.5 Å². The fourth-order valence-corrected chi connectivity index (χ4v) is 6.43. The van der Waals surface area contributed by atoms with Crippen LogP contribution in [-0.4, -0.2) is 65.9 Å². The Morgan fingerprint density at radius 3 is 2.45 bits per heavy atom. The van der Waals surface area contributed by atoms with E-state index in [0.717, 1.165) is 65.9 Å². The second kappa shape index (κ2) is 17.0. The van der Waals surface area contributed by atoms with Gasteiger partial charge in [0.1, 0.15) is 11.3 Å². The highest BCUT2D eigenvalue weighted by Crippen LogP contribution is 2.31. The van der Waals surface area contributed by atoms with Gasteiger partial charge in [0.2, 0.25) is 0 Å². The van der Waals surface area contributed by atoms with Crippen LogP contribution in [0.5, 0.6) is 5.75 Å². The quantitative estimate of drug-likeness (QED) is 0.0835. The molecule has 4 rings (SSSR count). The number of aromatic hydroxyl groups is 1. The first-order valence-corrected chi connectivity index (χ1v) is 17.1. The molecule has 9 nitrogen and oxygen atoms in total. The van der Waals surface area contributed by atoms with Gasteiger partial charge in [-0.05, 0) is 68.4 Å². The molecule has 0 saturated carbocycles. The van der Waals surface area contributed by atoms with Crippen molar-refractivity contribution in [1.82, 2.24) is 15.6 Å². The second-order valence-electron chi connectivity index (χ2n) is 9.46. The SMILES string of the molecule is Cc1ccc(S(=O)(=O)O)cc1.O=c1[nH]c2c(O)ccc([C@@H](O)CNCCSCCCNCCc3ccccc3Cl)c2s1. The zero-order valence-corrected chi connectivity index (χ0v) is 26.4. The van der Waals surface area contributed by atoms with E-state index in [1.165, 1.54) is 23.8 Å². The molecule has 6 N–H and O–H groups in total. The maximum absolute atomic E-state index is 11.6. The molecule has 0 saturated heterocycles. The minimum atomic E-state index is -4.02. The van der Waals surface area contributed by atoms with Gasteiger partial charge in [0.25, 0.3) is 10.1 Å². The molecule has 0 aliphatic heterocycles. The lowest BCUT2D eigenvalue weighted by Crippen LogP contribution is -2.24. The van der Waals surface area contributed by atoms with Crippen molar-refractivity contribution in [2.24, 2.45) is 0 Å². The predicted octanol–water partition coefficient (Wildman–Crippen LogP) is 4.77. The third-order valence-electron chi connectivity index (χ3n) is 6.20. The minimum absolute atomic E-state index is 0.0204. The van der Waals surface area contributed by atoms with E-state index in [1.54, 1.807) is 18.2 Å². The van der Waals surface area contributed by atoms with Crippen molar-refractivity contribution in [3.05, 3.63) is 92.0 Å². The lowest BCUT2D eigenvalue weighted by molar-refractivity contribution is 0.177. The monoisotopic (exact) mass is 653 g/mol. The van der Waals surface area contributed by atoms with Crippen molar-refractivity contribution in [2.45, 2.75) is 30.8 Å². The summed E-state index contributed by atoms with van der Waals surface area (Å²) >= 11 is 9.04. The van der Waals surface area contributed by atoms with Crippen molar-refractivity contribution in [3.8, 4) is 5.75 Å². The highest BCUT2D eigenvalue weighted by atomic mass is 35.5. The first-order chi connectivity index (χ1) is 20.1. The van der Waals surface area contributed by atoms with E-state index < -0.39 is 16.2 Å². The number of aromatic nitrogens is 1. The van der Waals surface area contributed by atoms with E-state index in [4.69, 9.17) is 16.2 Å². The summed E-state index contributed by atoms with van der Waals surface area (Å²) in [5.41, 5.74) is 3.18. The zero-order chi connectivity index (χ0) is 30.5. The molecular weight excluding hydrogens is 618 g/mol. The number of halogens is 1. The number of hydrogen-bond acceptors (Lipinski definition) is 9. The second-order valence-corrected chi connectivity index (χ2v) is 13.5. The first-order valence-electron chi connectivity index (χ1n) is 13.4. The van der Waals surface area contributed by atoms with Gasteiger partial charge in [-0.25, -0.2) is 0 Å². The van der Waals surface area contributed by atoms with Gasteiger partial charge in [-0.1, -0.05) is 64.9 Å². The largest absolute Gasteiger partial charge is 0.506 e. The molecule has 0 aliphatic rings. The van der Waals surface area contributed by atoms with Gasteiger partial charge in [0.15, 0.2) is 0 Å². The van der Waals surface area contributed by atoms with Gasteiger partial charge < -0.3 is 25.8 Å². The minimum Gasteiger partial charge on any atom is -0.506 e. The molecule has 0 bridgehead atoms. The number of aliphatic hydroxyl groups is 1. The number of thiazole rings is 1. The van der Waals surface area contributed by atoms with E-state index >= 15 is 0 Å². The van der Waals surface area contributed by atoms with Crippen LogP contribution in [0.15, 0.2) is 70.4 Å². The van der Waals surface area contributed by atoms with Gasteiger partial charge in [-0.15, -0.1) is 0 Å². The van der Waals surface area contributed by atoms with E-state index in [0.29, 0.717) is 22.3 Å². The summed E-state index contributed by atoms with van der Waals surface area (Å²) in [5.74, 6) is 2.07. The Morgan fingerprint density at radius 2 is 1.74 bits per heavy atom. The highest BCUT2D eigenvalue weighted by Gasteiger charge is 2.15. The molecule has 1 aromatic heterocycles. The lowest BCUT2D eigenvalue weighted by atomic mass is 10.1. The average Bonchev–Trinajstić information content (AvgIpc) is 3.35. The van der Waals surface area contributed by atoms with E-state index in [1.807, 2.05) is 36.9 Å². The Kier molecular flexibility index (Phi) is 13.8. The van der Waals surface area contributed by atoms with Crippen molar-refractivity contribution < 1.29 is 23.2 Å². The maximum Gasteiger partial charge on any atom is 0.305 e. The smallest absolute Gasteiger partial charge is 0.305 e. The molecule has 3 aromatic carbocycles. The summed E-state index contributed by atoms with van der Waals surface area (Å²) in [6.07, 6.45) is 1.31. The van der Waals surface area contributed by atoms with Crippen LogP contribution in [-0.2, 0) is 16.5 Å². The molecular formula is C29H36ClN3O6S3. The van der Waals surface area contributed by atoms with E-state index in [9.17, 15) is 23.4 Å². The molecule has 0 spiro atoms. The van der Waals surface area contributed by atoms with Crippen LogP contribution in [0.1, 0.15) is 29.2 Å². The summed E-state index contributed by atoms with van der Waals surface area (Å²) in [5, 5.41) is 27.9. The standard InChI is InChI=1S/C22H28ClN3O3S2.C7H8O3S/c23-17-5-2-1-4-15(17)8-10-24-9-3-12-30-13-11-25-14-19(28)16-6-7-18(27)20-21(16)31-22(29)26-20;1-6-2-4-7(5-3-6)11(8,9)10/h1-2,4-7,19,24-25,27-28H,3,8-14H2,(H,26,29);2-5H,1H3,(H,8,9,10)/t19-;/m0./s1. The number of aryl methyl sites for hydroxylation is 1. The number of thioether (sulfide) groups is 1. The third-order valence-corrected chi connectivity index (χ3v) is 9.44. The van der Waals surface area contributed by atoms with Gasteiger partial charge >= 0.3 is 4.87 Å². The number of fused-ring (bicyclic) bond motifs is 1. The molecule has 1 heterocycles. The molecule has 0 radical (unpaired) electrons. The summed E-state index contributed by atoms with van der Waals surface area (Å²) in [6, 6.07) is 17.1. The number of phenolic OH excluding ortho intramolecular Hbond substituents is 1. The lowest BCUT2D eigenvalue weighted by Gasteiger charge is -2.13. The van der Waals surface area contributed by atoms with Gasteiger partial charge in [0.05, 0.1) is 15.7 Å². The summed E-state index contributed by atoms with van der Waals surface area (Å²) in [6.45, 7) is 4.95. The Labute approximate surface area is 259 Å². The summed E-state index contributed by atoms with van der Waals surface area (Å²) in [4.78, 5) is 13.9. The number of rotatable bonds is 14. The van der Waals surface area contributed by atoms with Crippen LogP contribution in [0.2, 0.25) is 5.02 Å². The molecule has 0 aliphatic carbocycles. The molecule has 1 atom stereocenters. The van der Waals surface area contributed by atoms with Crippen molar-refractivity contribution in [3.63, 3.8) is 0 Å². The number of aliphatic hydroxyl groups excluding tert-OH is 1.